The van der Waals surface area contributed by atoms with E-state index in [0.29, 0.717) is 5.41 Å². The summed E-state index contributed by atoms with van der Waals surface area (Å²) in [5.41, 5.74) is 8.79. The lowest BCUT2D eigenvalue weighted by Gasteiger charge is -2.13. The van der Waals surface area contributed by atoms with Gasteiger partial charge in [0.1, 0.15) is 0 Å². The Kier molecular flexibility index (Phi) is 3.31. The Hall–Kier alpha value is -0.860. The van der Waals surface area contributed by atoms with Crippen LogP contribution in [0.1, 0.15) is 37.3 Å². The molecule has 1 unspecified atom stereocenters. The van der Waals surface area contributed by atoms with E-state index in [4.69, 9.17) is 5.73 Å². The molecule has 0 aromatic heterocycles. The van der Waals surface area contributed by atoms with Crippen molar-refractivity contribution in [1.82, 2.24) is 0 Å². The van der Waals surface area contributed by atoms with Gasteiger partial charge in [0.15, 0.2) is 0 Å². The van der Waals surface area contributed by atoms with Crippen molar-refractivity contribution in [2.75, 3.05) is 6.54 Å². The summed E-state index contributed by atoms with van der Waals surface area (Å²) < 4.78 is 0. The molecule has 1 aliphatic carbocycles. The van der Waals surface area contributed by atoms with Crippen LogP contribution in [-0.2, 0) is 11.8 Å². The Morgan fingerprint density at radius 1 is 1.31 bits per heavy atom. The van der Waals surface area contributed by atoms with Gasteiger partial charge in [0, 0.05) is 12.0 Å². The van der Waals surface area contributed by atoms with E-state index < -0.39 is 0 Å². The van der Waals surface area contributed by atoms with Crippen LogP contribution in [0.2, 0.25) is 0 Å². The summed E-state index contributed by atoms with van der Waals surface area (Å²) in [5.74, 6) is 0. The van der Waals surface area contributed by atoms with E-state index in [1.807, 2.05) is 6.92 Å². The predicted molar refractivity (Wildman–Crippen MR) is 66.4 cm³/mol. The Balaban J connectivity index is 2.00. The van der Waals surface area contributed by atoms with Crippen molar-refractivity contribution >= 4 is 0 Å². The summed E-state index contributed by atoms with van der Waals surface area (Å²) >= 11 is 0. The summed E-state index contributed by atoms with van der Waals surface area (Å²) in [6, 6.07) is 8.76. The Morgan fingerprint density at radius 3 is 2.38 bits per heavy atom. The highest BCUT2D eigenvalue weighted by Crippen LogP contribution is 2.47. The Labute approximate surface area is 97.5 Å². The van der Waals surface area contributed by atoms with Gasteiger partial charge in [-0.05, 0) is 43.7 Å². The van der Waals surface area contributed by atoms with Crippen LogP contribution in [0, 0.1) is 0 Å². The largest absolute Gasteiger partial charge is 0.393 e. The lowest BCUT2D eigenvalue weighted by atomic mass is 9.94. The SMILES string of the molecule is CC(O)CCc1ccc(C2(CN)CC2)cc1. The molecule has 0 spiro atoms. The van der Waals surface area contributed by atoms with Gasteiger partial charge in [0.25, 0.3) is 0 Å². The molecule has 1 saturated carbocycles. The molecule has 1 fully saturated rings. The predicted octanol–water partition coefficient (Wildman–Crippen LogP) is 1.99. The van der Waals surface area contributed by atoms with Gasteiger partial charge in [-0.25, -0.2) is 0 Å². The van der Waals surface area contributed by atoms with Crippen LogP contribution in [-0.4, -0.2) is 17.8 Å². The second kappa shape index (κ2) is 4.56. The van der Waals surface area contributed by atoms with Crippen molar-refractivity contribution in [2.45, 2.75) is 44.1 Å². The number of hydrogen-bond acceptors (Lipinski definition) is 2. The maximum Gasteiger partial charge on any atom is 0.0515 e. The average molecular weight is 219 g/mol. The van der Waals surface area contributed by atoms with Crippen LogP contribution in [0.5, 0.6) is 0 Å². The summed E-state index contributed by atoms with van der Waals surface area (Å²) in [6.45, 7) is 2.60. The zero-order chi connectivity index (χ0) is 11.6. The summed E-state index contributed by atoms with van der Waals surface area (Å²) in [7, 11) is 0. The summed E-state index contributed by atoms with van der Waals surface area (Å²) in [4.78, 5) is 0. The van der Waals surface area contributed by atoms with Crippen LogP contribution in [0.3, 0.4) is 0 Å². The molecule has 0 bridgehead atoms. The highest BCUT2D eigenvalue weighted by molar-refractivity contribution is 5.34. The van der Waals surface area contributed by atoms with Gasteiger partial charge in [-0.2, -0.15) is 0 Å². The highest BCUT2D eigenvalue weighted by atomic mass is 16.3. The molecule has 88 valence electrons. The number of aliphatic hydroxyl groups is 1. The normalized spacial score (nSPS) is 19.4. The van der Waals surface area contributed by atoms with Gasteiger partial charge in [0.2, 0.25) is 0 Å². The monoisotopic (exact) mass is 219 g/mol. The average Bonchev–Trinajstić information content (AvgIpc) is 3.08. The third-order valence-electron chi connectivity index (χ3n) is 3.66. The number of benzene rings is 1. The molecule has 1 aromatic rings. The van der Waals surface area contributed by atoms with Gasteiger partial charge in [-0.1, -0.05) is 24.3 Å². The standard InChI is InChI=1S/C14H21NO/c1-11(16)2-3-12-4-6-13(7-5-12)14(10-15)8-9-14/h4-7,11,16H,2-3,8-10,15H2,1H3. The van der Waals surface area contributed by atoms with Crippen LogP contribution in [0.4, 0.5) is 0 Å². The molecular formula is C14H21NO. The van der Waals surface area contributed by atoms with Crippen molar-refractivity contribution in [3.8, 4) is 0 Å². The second-order valence-corrected chi connectivity index (χ2v) is 5.07. The molecule has 1 aliphatic rings. The molecule has 0 amide bonds. The Morgan fingerprint density at radius 2 is 1.94 bits per heavy atom. The number of aliphatic hydroxyl groups excluding tert-OH is 1. The molecule has 0 radical (unpaired) electrons. The minimum Gasteiger partial charge on any atom is -0.393 e. The number of aryl methyl sites for hydroxylation is 1. The topological polar surface area (TPSA) is 46.2 Å². The van der Waals surface area contributed by atoms with Gasteiger partial charge >= 0.3 is 0 Å². The number of rotatable bonds is 5. The molecule has 0 heterocycles. The fourth-order valence-corrected chi connectivity index (χ4v) is 2.16. The fraction of sp³-hybridized carbons (Fsp3) is 0.571. The van der Waals surface area contributed by atoms with Gasteiger partial charge in [-0.3, -0.25) is 0 Å². The van der Waals surface area contributed by atoms with Crippen LogP contribution >= 0.6 is 0 Å². The number of nitrogens with two attached hydrogens (primary N) is 1. The molecule has 2 nitrogen and oxygen atoms in total. The zero-order valence-electron chi connectivity index (χ0n) is 9.95. The van der Waals surface area contributed by atoms with Crippen LogP contribution < -0.4 is 5.73 Å². The second-order valence-electron chi connectivity index (χ2n) is 5.07. The van der Waals surface area contributed by atoms with E-state index in [9.17, 15) is 5.11 Å². The molecular weight excluding hydrogens is 198 g/mol. The third-order valence-corrected chi connectivity index (χ3v) is 3.66. The first-order valence-electron chi connectivity index (χ1n) is 6.14. The first kappa shape index (κ1) is 11.6. The van der Waals surface area contributed by atoms with Crippen molar-refractivity contribution in [3.63, 3.8) is 0 Å². The summed E-state index contributed by atoms with van der Waals surface area (Å²) in [5, 5.41) is 9.23. The maximum absolute atomic E-state index is 9.23. The molecule has 0 aliphatic heterocycles. The minimum absolute atomic E-state index is 0.210. The molecule has 16 heavy (non-hydrogen) atoms. The highest BCUT2D eigenvalue weighted by Gasteiger charge is 2.42. The van der Waals surface area contributed by atoms with E-state index in [1.54, 1.807) is 0 Å². The van der Waals surface area contributed by atoms with E-state index in [0.717, 1.165) is 19.4 Å². The molecule has 2 heteroatoms. The van der Waals surface area contributed by atoms with Crippen molar-refractivity contribution in [1.29, 1.82) is 0 Å². The van der Waals surface area contributed by atoms with E-state index in [1.165, 1.54) is 24.0 Å². The first-order valence-corrected chi connectivity index (χ1v) is 6.14. The fourth-order valence-electron chi connectivity index (χ4n) is 2.16. The van der Waals surface area contributed by atoms with Gasteiger partial charge < -0.3 is 10.8 Å². The molecule has 2 rings (SSSR count). The minimum atomic E-state index is -0.210. The Bertz CT molecular complexity index is 338. The lowest BCUT2D eigenvalue weighted by molar-refractivity contribution is 0.185. The smallest absolute Gasteiger partial charge is 0.0515 e. The van der Waals surface area contributed by atoms with E-state index in [2.05, 4.69) is 24.3 Å². The van der Waals surface area contributed by atoms with E-state index in [-0.39, 0.29) is 6.10 Å². The van der Waals surface area contributed by atoms with E-state index >= 15 is 0 Å². The maximum atomic E-state index is 9.23. The van der Waals surface area contributed by atoms with Crippen LogP contribution in [0.15, 0.2) is 24.3 Å². The quantitative estimate of drug-likeness (QED) is 0.795. The van der Waals surface area contributed by atoms with Crippen LogP contribution in [0.25, 0.3) is 0 Å². The molecule has 1 aromatic carbocycles. The zero-order valence-corrected chi connectivity index (χ0v) is 9.95. The van der Waals surface area contributed by atoms with Gasteiger partial charge in [-0.15, -0.1) is 0 Å². The van der Waals surface area contributed by atoms with Crippen molar-refractivity contribution in [3.05, 3.63) is 35.4 Å². The lowest BCUT2D eigenvalue weighted by Crippen LogP contribution is -2.19. The van der Waals surface area contributed by atoms with Crippen molar-refractivity contribution in [2.24, 2.45) is 5.73 Å². The molecule has 3 N–H and O–H groups in total. The van der Waals surface area contributed by atoms with Gasteiger partial charge in [0.05, 0.1) is 6.10 Å². The third kappa shape index (κ3) is 2.45. The summed E-state index contributed by atoms with van der Waals surface area (Å²) in [6.07, 6.45) is 4.04. The molecule has 1 atom stereocenters. The first-order chi connectivity index (χ1) is 7.66. The molecule has 0 saturated heterocycles. The van der Waals surface area contributed by atoms with Crippen molar-refractivity contribution < 1.29 is 5.11 Å². The number of hydrogen-bond donors (Lipinski definition) is 2.